The summed E-state index contributed by atoms with van der Waals surface area (Å²) < 4.78 is 4.56. The molecule has 0 amide bonds. The SMILES string of the molecule is CCCOP([O-])(=S)[S-].[Na+].[Na+]. The van der Waals surface area contributed by atoms with Gasteiger partial charge in [0.05, 0.1) is 0 Å². The molecular formula is C3H7Na2O2PS2. The molecule has 0 aromatic carbocycles. The Balaban J connectivity index is -0.000000245. The molecule has 0 aliphatic heterocycles. The molecule has 0 saturated heterocycles. The summed E-state index contributed by atoms with van der Waals surface area (Å²) in [5, 5.41) is 0. The first kappa shape index (κ1) is 18.7. The number of hydrogen-bond acceptors (Lipinski definition) is 4. The Kier molecular flexibility index (Phi) is 18.7. The van der Waals surface area contributed by atoms with Crippen LogP contribution in [-0.2, 0) is 28.6 Å². The van der Waals surface area contributed by atoms with E-state index in [9.17, 15) is 4.89 Å². The zero-order chi connectivity index (χ0) is 6.62. The third-order valence-corrected chi connectivity index (χ3v) is 1.58. The minimum absolute atomic E-state index is 0. The molecule has 0 aromatic rings. The Labute approximate surface area is 116 Å². The fraction of sp³-hybridized carbons (Fsp3) is 1.00. The first-order chi connectivity index (χ1) is 3.56. The third-order valence-electron chi connectivity index (χ3n) is 0.454. The number of hydrogen-bond donors (Lipinski definition) is 0. The number of rotatable bonds is 3. The van der Waals surface area contributed by atoms with Crippen molar-refractivity contribution < 1.29 is 68.5 Å². The van der Waals surface area contributed by atoms with Gasteiger partial charge in [0.25, 0.3) is 0 Å². The van der Waals surface area contributed by atoms with E-state index >= 15 is 0 Å². The predicted octanol–water partition coefficient (Wildman–Crippen LogP) is -5.45. The van der Waals surface area contributed by atoms with E-state index in [-0.39, 0.29) is 59.1 Å². The Bertz CT molecular complexity index is 107. The van der Waals surface area contributed by atoms with Crippen LogP contribution in [0.1, 0.15) is 13.3 Å². The third kappa shape index (κ3) is 17.1. The van der Waals surface area contributed by atoms with Gasteiger partial charge in [0.1, 0.15) is 0 Å². The van der Waals surface area contributed by atoms with Gasteiger partial charge in [-0.1, -0.05) is 6.92 Å². The van der Waals surface area contributed by atoms with Crippen LogP contribution in [0.4, 0.5) is 0 Å². The summed E-state index contributed by atoms with van der Waals surface area (Å²) in [6.45, 7) is 2.31. The van der Waals surface area contributed by atoms with E-state index in [0.29, 0.717) is 6.61 Å². The van der Waals surface area contributed by atoms with Crippen molar-refractivity contribution in [2.24, 2.45) is 0 Å². The van der Waals surface area contributed by atoms with Crippen LogP contribution < -0.4 is 64.0 Å². The molecular weight excluding hydrogens is 209 g/mol. The molecule has 0 fully saturated rings. The van der Waals surface area contributed by atoms with Gasteiger partial charge in [0.2, 0.25) is 0 Å². The van der Waals surface area contributed by atoms with Gasteiger partial charge in [-0.3, -0.25) is 0 Å². The van der Waals surface area contributed by atoms with E-state index in [1.807, 2.05) is 6.92 Å². The maximum Gasteiger partial charge on any atom is 1.00 e. The van der Waals surface area contributed by atoms with Gasteiger partial charge in [0.15, 0.2) is 0 Å². The summed E-state index contributed by atoms with van der Waals surface area (Å²) in [5.74, 6) is 0. The molecule has 7 heteroatoms. The van der Waals surface area contributed by atoms with Crippen molar-refractivity contribution in [3.8, 4) is 0 Å². The molecule has 0 N–H and O–H groups in total. The van der Waals surface area contributed by atoms with Crippen LogP contribution in [-0.4, -0.2) is 6.61 Å². The molecule has 0 aromatic heterocycles. The maximum absolute atomic E-state index is 10.4. The average molecular weight is 216 g/mol. The van der Waals surface area contributed by atoms with Crippen LogP contribution in [0.15, 0.2) is 0 Å². The Morgan fingerprint density at radius 2 is 2.00 bits per heavy atom. The summed E-state index contributed by atoms with van der Waals surface area (Å²) in [7, 11) is 0. The molecule has 0 heterocycles. The molecule has 0 bridgehead atoms. The molecule has 0 aliphatic rings. The quantitative estimate of drug-likeness (QED) is 0.268. The van der Waals surface area contributed by atoms with Crippen molar-refractivity contribution in [2.45, 2.75) is 13.3 Å². The predicted molar refractivity (Wildman–Crippen MR) is 37.9 cm³/mol. The van der Waals surface area contributed by atoms with Crippen molar-refractivity contribution in [1.82, 2.24) is 0 Å². The summed E-state index contributed by atoms with van der Waals surface area (Å²) in [6, 6.07) is 0. The zero-order valence-corrected chi connectivity index (χ0v) is 13.0. The topological polar surface area (TPSA) is 32.3 Å². The van der Waals surface area contributed by atoms with Gasteiger partial charge in [-0.05, 0) is 6.42 Å². The van der Waals surface area contributed by atoms with Gasteiger partial charge < -0.3 is 21.7 Å². The van der Waals surface area contributed by atoms with Crippen LogP contribution >= 0.6 is 5.69 Å². The fourth-order valence-electron chi connectivity index (χ4n) is 0.203. The van der Waals surface area contributed by atoms with Crippen LogP contribution in [0, 0.1) is 0 Å². The second-order valence-electron chi connectivity index (χ2n) is 1.28. The Hall–Kier alpha value is 2.92. The average Bonchev–Trinajstić information content (AvgIpc) is 1.59. The minimum Gasteiger partial charge on any atom is -0.819 e. The van der Waals surface area contributed by atoms with Gasteiger partial charge >= 0.3 is 59.1 Å². The van der Waals surface area contributed by atoms with Gasteiger partial charge in [0, 0.05) is 6.61 Å². The normalized spacial score (nSPS) is 14.3. The second kappa shape index (κ2) is 10.0. The molecule has 0 radical (unpaired) electrons. The largest absolute Gasteiger partial charge is 1.00 e. The Morgan fingerprint density at radius 1 is 1.60 bits per heavy atom. The van der Waals surface area contributed by atoms with E-state index in [2.05, 4.69) is 28.6 Å². The van der Waals surface area contributed by atoms with Crippen LogP contribution in [0.3, 0.4) is 0 Å². The van der Waals surface area contributed by atoms with E-state index in [0.717, 1.165) is 6.42 Å². The van der Waals surface area contributed by atoms with Gasteiger partial charge in [-0.15, -0.1) is 17.5 Å². The van der Waals surface area contributed by atoms with Crippen molar-refractivity contribution in [2.75, 3.05) is 6.61 Å². The molecule has 0 saturated carbocycles. The van der Waals surface area contributed by atoms with E-state index in [1.54, 1.807) is 0 Å². The maximum atomic E-state index is 10.4. The zero-order valence-electron chi connectivity index (χ0n) is 6.49. The van der Waals surface area contributed by atoms with Gasteiger partial charge in [-0.2, -0.15) is 0 Å². The first-order valence-electron chi connectivity index (χ1n) is 2.23. The van der Waals surface area contributed by atoms with Crippen molar-refractivity contribution >= 4 is 29.7 Å². The molecule has 1 atom stereocenters. The molecule has 10 heavy (non-hydrogen) atoms. The summed E-state index contributed by atoms with van der Waals surface area (Å²) >= 11 is 8.60. The summed E-state index contributed by atoms with van der Waals surface area (Å²) in [5.41, 5.74) is -3.02. The van der Waals surface area contributed by atoms with Crippen LogP contribution in [0.2, 0.25) is 0 Å². The molecule has 0 spiro atoms. The molecule has 0 rings (SSSR count). The summed E-state index contributed by atoms with van der Waals surface area (Å²) in [4.78, 5) is 10.4. The minimum atomic E-state index is -3.02. The molecule has 50 valence electrons. The van der Waals surface area contributed by atoms with Crippen molar-refractivity contribution in [1.29, 1.82) is 0 Å². The fourth-order valence-corrected chi connectivity index (χ4v) is 1.06. The smallest absolute Gasteiger partial charge is 0.819 e. The van der Waals surface area contributed by atoms with Gasteiger partial charge in [-0.25, -0.2) is 0 Å². The van der Waals surface area contributed by atoms with E-state index in [4.69, 9.17) is 0 Å². The monoisotopic (exact) mass is 216 g/mol. The molecule has 1 unspecified atom stereocenters. The Morgan fingerprint density at radius 3 is 2.10 bits per heavy atom. The standard InChI is InChI=1S/C3H9O2PS2.2Na/c1-2-3-5-6(4,7)8;;/h2-3H2,1H3,(H2,4,7,8);;/q;2*+1/p-2. The van der Waals surface area contributed by atoms with Crippen LogP contribution in [0.5, 0.6) is 0 Å². The molecule has 0 aliphatic carbocycles. The van der Waals surface area contributed by atoms with E-state index in [1.165, 1.54) is 0 Å². The van der Waals surface area contributed by atoms with Crippen molar-refractivity contribution in [3.05, 3.63) is 0 Å². The second-order valence-corrected chi connectivity index (χ2v) is 6.01. The molecule has 2 nitrogen and oxygen atoms in total. The first-order valence-corrected chi connectivity index (χ1v) is 5.88. The van der Waals surface area contributed by atoms with Crippen molar-refractivity contribution in [3.63, 3.8) is 0 Å². The van der Waals surface area contributed by atoms with Crippen LogP contribution in [0.25, 0.3) is 0 Å². The van der Waals surface area contributed by atoms with E-state index < -0.39 is 5.69 Å². The summed E-state index contributed by atoms with van der Waals surface area (Å²) in [6.07, 6.45) is 0.803.